The number of nitrogens with zero attached hydrogens (tertiary/aromatic N) is 2. The van der Waals surface area contributed by atoms with Gasteiger partial charge in [0.25, 0.3) is 0 Å². The number of ketones is 4. The minimum Gasteiger partial charge on any atom is -0.505 e. The van der Waals surface area contributed by atoms with E-state index < -0.39 is 93.4 Å². The summed E-state index contributed by atoms with van der Waals surface area (Å²) in [6, 6.07) is -1.89. The predicted octanol–water partition coefficient (Wildman–Crippen LogP) is -0.195. The molecule has 12 nitrogen and oxygen atoms in total. The summed E-state index contributed by atoms with van der Waals surface area (Å²) in [5.41, 5.74) is 1.55. The van der Waals surface area contributed by atoms with E-state index in [0.29, 0.717) is 6.42 Å². The highest BCUT2D eigenvalue weighted by Gasteiger charge is 2.69. The fourth-order valence-electron chi connectivity index (χ4n) is 7.70. The van der Waals surface area contributed by atoms with Crippen molar-refractivity contribution >= 4 is 40.6 Å². The maximum atomic E-state index is 16.3. The summed E-state index contributed by atoms with van der Waals surface area (Å²) in [5.74, 6) is -13.8. The van der Waals surface area contributed by atoms with E-state index in [-0.39, 0.29) is 42.1 Å². The van der Waals surface area contributed by atoms with E-state index in [4.69, 9.17) is 5.73 Å². The molecule has 3 aliphatic carbocycles. The molecule has 42 heavy (non-hydrogen) atoms. The number of carbonyl (C=O) groups excluding carboxylic acids is 6. The number of nitrogens with two attached hydrogens (primary N) is 1. The number of Topliss-reactive ketones (excluding diaryl/α,β-unsaturated/α-hetero) is 4. The second-order valence-electron chi connectivity index (χ2n) is 12.4. The Morgan fingerprint density at radius 3 is 2.40 bits per heavy atom. The van der Waals surface area contributed by atoms with Gasteiger partial charge in [0.15, 0.2) is 40.4 Å². The minimum atomic E-state index is -2.88. The number of phenols is 1. The van der Waals surface area contributed by atoms with Crippen molar-refractivity contribution in [1.82, 2.24) is 9.80 Å². The van der Waals surface area contributed by atoms with Gasteiger partial charge >= 0.3 is 0 Å². The number of benzene rings is 1. The van der Waals surface area contributed by atoms with E-state index in [0.717, 1.165) is 0 Å². The third-order valence-electron chi connectivity index (χ3n) is 9.84. The van der Waals surface area contributed by atoms with Gasteiger partial charge in [-0.3, -0.25) is 38.6 Å². The quantitative estimate of drug-likeness (QED) is 0.272. The molecule has 3 unspecified atom stereocenters. The van der Waals surface area contributed by atoms with Gasteiger partial charge in [0.1, 0.15) is 5.82 Å². The van der Waals surface area contributed by atoms with Gasteiger partial charge in [-0.25, -0.2) is 4.39 Å². The van der Waals surface area contributed by atoms with Crippen molar-refractivity contribution in [2.45, 2.75) is 57.3 Å². The van der Waals surface area contributed by atoms with Gasteiger partial charge in [0.2, 0.25) is 11.8 Å². The summed E-state index contributed by atoms with van der Waals surface area (Å²) < 4.78 is 16.3. The van der Waals surface area contributed by atoms with Gasteiger partial charge in [-0.15, -0.1) is 0 Å². The van der Waals surface area contributed by atoms with E-state index in [1.165, 1.54) is 19.0 Å². The smallest absolute Gasteiger partial charge is 0.242 e. The summed E-state index contributed by atoms with van der Waals surface area (Å²) >= 11 is 0. The molecular weight excluding hydrogens is 551 g/mol. The fraction of sp³-hybridized carbons (Fsp3) is 0.586. The Labute approximate surface area is 241 Å². The summed E-state index contributed by atoms with van der Waals surface area (Å²) in [5, 5.41) is 25.6. The molecule has 1 aromatic rings. The Morgan fingerprint density at radius 2 is 1.83 bits per heavy atom. The number of fused-ring (bicyclic) bond motifs is 4. The number of nitrogens with one attached hydrogen (secondary N) is 1. The lowest BCUT2D eigenvalue weighted by Gasteiger charge is -2.52. The molecule has 0 radical (unpaired) electrons. The van der Waals surface area contributed by atoms with Crippen molar-refractivity contribution in [3.8, 4) is 5.75 Å². The average Bonchev–Trinajstić information content (AvgIpc) is 3.03. The Hall–Kier alpha value is -3.55. The second kappa shape index (κ2) is 10.0. The molecular formula is C29H35FN4O8. The van der Waals surface area contributed by atoms with E-state index in [9.17, 15) is 39.0 Å². The first-order valence-corrected chi connectivity index (χ1v) is 14.0. The maximum absolute atomic E-state index is 16.3. The van der Waals surface area contributed by atoms with E-state index in [1.54, 1.807) is 11.9 Å². The van der Waals surface area contributed by atoms with E-state index in [1.807, 2.05) is 13.8 Å². The largest absolute Gasteiger partial charge is 0.505 e. The number of hydrogen-bond donors (Lipinski definition) is 4. The van der Waals surface area contributed by atoms with Gasteiger partial charge in [0.05, 0.1) is 29.3 Å². The summed E-state index contributed by atoms with van der Waals surface area (Å²) in [4.78, 5) is 82.8. The molecule has 1 aliphatic heterocycles. The van der Waals surface area contributed by atoms with Gasteiger partial charge < -0.3 is 21.3 Å². The SMILES string of the molecule is CCC(C)[C@@H]1C(=O)Nc2c(O)c3c(c(F)c2CN1C)C[C@H]1C[C@H]2[C@H](N(C)C)C(=O)C(C(N)=O)C(=O)[C@@]2(O)C(=O)C1C3=O. The zero-order chi connectivity index (χ0) is 31.2. The Bertz CT molecular complexity index is 1460. The van der Waals surface area contributed by atoms with Crippen LogP contribution < -0.4 is 11.1 Å². The number of phenolic OH excluding ortho intramolecular Hbond substituents is 1. The molecule has 2 fully saturated rings. The van der Waals surface area contributed by atoms with Crippen molar-refractivity contribution in [2.24, 2.45) is 35.3 Å². The van der Waals surface area contributed by atoms with Crippen LogP contribution in [0.4, 0.5) is 10.1 Å². The third kappa shape index (κ3) is 3.89. The molecule has 0 bridgehead atoms. The van der Waals surface area contributed by atoms with Gasteiger partial charge in [-0.1, -0.05) is 20.3 Å². The summed E-state index contributed by atoms with van der Waals surface area (Å²) in [6.45, 7) is 3.74. The fourth-order valence-corrected chi connectivity index (χ4v) is 7.70. The molecule has 0 aromatic heterocycles. The third-order valence-corrected chi connectivity index (χ3v) is 9.84. The predicted molar refractivity (Wildman–Crippen MR) is 145 cm³/mol. The van der Waals surface area contributed by atoms with Crippen LogP contribution in [0.1, 0.15) is 48.2 Å². The van der Waals surface area contributed by atoms with Crippen molar-refractivity contribution in [3.63, 3.8) is 0 Å². The molecule has 2 amide bonds. The number of primary amides is 1. The number of halogens is 1. The van der Waals surface area contributed by atoms with Crippen LogP contribution in [0.2, 0.25) is 0 Å². The van der Waals surface area contributed by atoms with Gasteiger partial charge in [0, 0.05) is 23.6 Å². The van der Waals surface area contributed by atoms with Crippen LogP contribution in [0.5, 0.6) is 5.75 Å². The van der Waals surface area contributed by atoms with Crippen LogP contribution in [0.3, 0.4) is 0 Å². The van der Waals surface area contributed by atoms with Crippen LogP contribution in [-0.4, -0.2) is 93.8 Å². The first-order valence-electron chi connectivity index (χ1n) is 14.0. The molecule has 226 valence electrons. The Balaban J connectivity index is 1.64. The molecule has 0 saturated heterocycles. The van der Waals surface area contributed by atoms with Crippen molar-refractivity contribution in [1.29, 1.82) is 0 Å². The number of likely N-dealkylation sites (N-methyl/N-ethyl adjacent to an activating group) is 2. The van der Waals surface area contributed by atoms with E-state index in [2.05, 4.69) is 5.32 Å². The van der Waals surface area contributed by atoms with Crippen LogP contribution in [0, 0.1) is 35.4 Å². The first-order chi connectivity index (χ1) is 19.6. The summed E-state index contributed by atoms with van der Waals surface area (Å²) in [6.07, 6.45) is 0.266. The van der Waals surface area contributed by atoms with Gasteiger partial charge in [-0.2, -0.15) is 0 Å². The number of aliphatic hydroxyl groups is 1. The standard InChI is InChI=1S/C29H35FN4O8/c1-6-10(2)20-28(41)32-19-13(9-34(20)5)18(30)12-7-11-8-14-21(33(3)4)24(37)17(27(31)40)26(39)29(14,42)25(38)15(11)22(35)16(12)23(19)36/h10-11,14-15,17,20-21,36,42H,6-9H2,1-5H3,(H2,31,40)(H,32,41)/t10?,11-,14-,15?,17?,20+,21-,29-/m0/s1. The molecule has 13 heteroatoms. The zero-order valence-electron chi connectivity index (χ0n) is 24.1. The monoisotopic (exact) mass is 586 g/mol. The van der Waals surface area contributed by atoms with Crippen LogP contribution in [0.15, 0.2) is 0 Å². The topological polar surface area (TPSA) is 187 Å². The molecule has 8 atom stereocenters. The molecule has 5 rings (SSSR count). The Morgan fingerprint density at radius 1 is 1.19 bits per heavy atom. The molecule has 1 heterocycles. The number of aromatic hydroxyl groups is 1. The Kier molecular flexibility index (Phi) is 7.14. The lowest BCUT2D eigenvalue weighted by atomic mass is 9.52. The molecule has 4 aliphatic rings. The van der Waals surface area contributed by atoms with Crippen molar-refractivity contribution < 1.29 is 43.4 Å². The zero-order valence-corrected chi connectivity index (χ0v) is 24.1. The highest BCUT2D eigenvalue weighted by atomic mass is 19.1. The van der Waals surface area contributed by atoms with Crippen molar-refractivity contribution in [2.75, 3.05) is 26.5 Å². The highest BCUT2D eigenvalue weighted by Crippen LogP contribution is 2.52. The lowest BCUT2D eigenvalue weighted by Crippen LogP contribution is -2.74. The summed E-state index contributed by atoms with van der Waals surface area (Å²) in [7, 11) is 4.64. The minimum absolute atomic E-state index is 0.00344. The average molecular weight is 587 g/mol. The molecule has 2 saturated carbocycles. The molecule has 0 spiro atoms. The number of rotatable bonds is 4. The lowest BCUT2D eigenvalue weighted by molar-refractivity contribution is -0.181. The molecule has 5 N–H and O–H groups in total. The van der Waals surface area contributed by atoms with Crippen molar-refractivity contribution in [3.05, 3.63) is 22.5 Å². The highest BCUT2D eigenvalue weighted by molar-refractivity contribution is 6.32. The number of carbonyl (C=O) groups is 6. The number of amides is 2. The van der Waals surface area contributed by atoms with Crippen LogP contribution in [-0.2, 0) is 36.9 Å². The van der Waals surface area contributed by atoms with Crippen LogP contribution >= 0.6 is 0 Å². The van der Waals surface area contributed by atoms with Gasteiger partial charge in [-0.05, 0) is 45.8 Å². The van der Waals surface area contributed by atoms with E-state index >= 15 is 4.39 Å². The normalized spacial score (nSPS) is 33.8. The van der Waals surface area contributed by atoms with Crippen LogP contribution in [0.25, 0.3) is 0 Å². The molecule has 1 aromatic carbocycles. The maximum Gasteiger partial charge on any atom is 0.242 e. The number of hydrogen-bond acceptors (Lipinski definition) is 10. The number of anilines is 1. The first kappa shape index (κ1) is 29.9. The second-order valence-corrected chi connectivity index (χ2v) is 12.4.